The third-order valence-corrected chi connectivity index (χ3v) is 4.87. The van der Waals surface area contributed by atoms with Crippen molar-refractivity contribution in [1.82, 2.24) is 0 Å². The van der Waals surface area contributed by atoms with E-state index in [-0.39, 0.29) is 10.8 Å². The maximum atomic E-state index is 10.8. The van der Waals surface area contributed by atoms with Crippen LogP contribution in [0.2, 0.25) is 5.02 Å². The Bertz CT molecular complexity index is 484. The molecule has 3 N–H and O–H groups in total. The van der Waals surface area contributed by atoms with Gasteiger partial charge in [-0.1, -0.05) is 51.6 Å². The van der Waals surface area contributed by atoms with Crippen LogP contribution in [0.5, 0.6) is 5.75 Å². The van der Waals surface area contributed by atoms with Crippen LogP contribution < -0.4 is 5.73 Å². The first-order chi connectivity index (χ1) is 9.30. The number of hydrogen-bond acceptors (Lipinski definition) is 2. The van der Waals surface area contributed by atoms with Gasteiger partial charge < -0.3 is 10.8 Å². The lowest BCUT2D eigenvalue weighted by atomic mass is 9.68. The summed E-state index contributed by atoms with van der Waals surface area (Å²) in [5.41, 5.74) is 7.73. The van der Waals surface area contributed by atoms with Crippen LogP contribution in [0, 0.1) is 0 Å². The predicted molar refractivity (Wildman–Crippen MR) is 85.6 cm³/mol. The van der Waals surface area contributed by atoms with Crippen LogP contribution in [-0.2, 0) is 10.8 Å². The molecule has 0 spiro atoms. The molecule has 2 rings (SSSR count). The molecule has 1 aliphatic carbocycles. The second kappa shape index (κ2) is 5.57. The summed E-state index contributed by atoms with van der Waals surface area (Å²) >= 11 is 6.31. The highest BCUT2D eigenvalue weighted by molar-refractivity contribution is 6.30. The Balaban J connectivity index is 2.58. The van der Waals surface area contributed by atoms with Crippen LogP contribution in [0.3, 0.4) is 0 Å². The minimum Gasteiger partial charge on any atom is -0.507 e. The van der Waals surface area contributed by atoms with E-state index in [4.69, 9.17) is 17.3 Å². The van der Waals surface area contributed by atoms with Gasteiger partial charge >= 0.3 is 0 Å². The van der Waals surface area contributed by atoms with Gasteiger partial charge in [-0.05, 0) is 30.4 Å². The molecule has 1 fully saturated rings. The number of hydrogen-bond donors (Lipinski definition) is 2. The lowest BCUT2D eigenvalue weighted by Gasteiger charge is -2.38. The zero-order chi connectivity index (χ0) is 15.0. The van der Waals surface area contributed by atoms with Gasteiger partial charge in [0.2, 0.25) is 0 Å². The largest absolute Gasteiger partial charge is 0.507 e. The standard InChI is InChI=1S/C17H26ClNO/c1-16(2,3)13-9-12(18)10-14(15(13)20)17(11-19)7-5-4-6-8-17/h9-10,20H,4-8,11,19H2,1-3H3. The summed E-state index contributed by atoms with van der Waals surface area (Å²) < 4.78 is 0. The topological polar surface area (TPSA) is 46.2 Å². The van der Waals surface area contributed by atoms with E-state index in [1.807, 2.05) is 12.1 Å². The molecule has 1 aromatic carbocycles. The molecular formula is C17H26ClNO. The van der Waals surface area contributed by atoms with Crippen molar-refractivity contribution in [3.05, 3.63) is 28.3 Å². The van der Waals surface area contributed by atoms with Gasteiger partial charge in [-0.15, -0.1) is 0 Å². The summed E-state index contributed by atoms with van der Waals surface area (Å²) in [6.45, 7) is 6.86. The number of nitrogens with two attached hydrogens (primary N) is 1. The number of halogens is 1. The highest BCUT2D eigenvalue weighted by Crippen LogP contribution is 2.46. The molecular weight excluding hydrogens is 270 g/mol. The van der Waals surface area contributed by atoms with E-state index in [2.05, 4.69) is 20.8 Å². The van der Waals surface area contributed by atoms with Gasteiger partial charge in [0.05, 0.1) is 0 Å². The average Bonchev–Trinajstić information content (AvgIpc) is 2.40. The van der Waals surface area contributed by atoms with Gasteiger partial charge in [0.1, 0.15) is 5.75 Å². The van der Waals surface area contributed by atoms with Crippen molar-refractivity contribution in [2.24, 2.45) is 5.73 Å². The Morgan fingerprint density at radius 1 is 1.20 bits per heavy atom. The van der Waals surface area contributed by atoms with Gasteiger partial charge in [-0.25, -0.2) is 0 Å². The highest BCUT2D eigenvalue weighted by atomic mass is 35.5. The van der Waals surface area contributed by atoms with Crippen molar-refractivity contribution >= 4 is 11.6 Å². The SMILES string of the molecule is CC(C)(C)c1cc(Cl)cc(C2(CN)CCCCC2)c1O. The van der Waals surface area contributed by atoms with E-state index in [0.717, 1.165) is 24.0 Å². The zero-order valence-electron chi connectivity index (χ0n) is 12.8. The van der Waals surface area contributed by atoms with Crippen LogP contribution in [0.25, 0.3) is 0 Å². The summed E-state index contributed by atoms with van der Waals surface area (Å²) in [6.07, 6.45) is 5.69. The Morgan fingerprint density at radius 3 is 2.30 bits per heavy atom. The molecule has 0 unspecified atom stereocenters. The summed E-state index contributed by atoms with van der Waals surface area (Å²) in [6, 6.07) is 3.80. The molecule has 1 saturated carbocycles. The average molecular weight is 296 g/mol. The van der Waals surface area contributed by atoms with E-state index < -0.39 is 0 Å². The Labute approximate surface area is 127 Å². The molecule has 112 valence electrons. The lowest BCUT2D eigenvalue weighted by Crippen LogP contribution is -2.37. The quantitative estimate of drug-likeness (QED) is 0.843. The van der Waals surface area contributed by atoms with Crippen molar-refractivity contribution in [1.29, 1.82) is 0 Å². The summed E-state index contributed by atoms with van der Waals surface area (Å²) in [7, 11) is 0. The molecule has 20 heavy (non-hydrogen) atoms. The van der Waals surface area contributed by atoms with E-state index >= 15 is 0 Å². The third kappa shape index (κ3) is 2.82. The molecule has 0 amide bonds. The van der Waals surface area contributed by atoms with Crippen LogP contribution in [-0.4, -0.2) is 11.7 Å². The minimum atomic E-state index is -0.131. The second-order valence-electron chi connectivity index (χ2n) is 7.14. The fraction of sp³-hybridized carbons (Fsp3) is 0.647. The number of benzene rings is 1. The molecule has 0 aliphatic heterocycles. The Kier molecular flexibility index (Phi) is 4.36. The third-order valence-electron chi connectivity index (χ3n) is 4.66. The van der Waals surface area contributed by atoms with Crippen molar-refractivity contribution in [2.45, 2.75) is 63.7 Å². The maximum Gasteiger partial charge on any atom is 0.123 e. The fourth-order valence-electron chi connectivity index (χ4n) is 3.39. The molecule has 0 aromatic heterocycles. The van der Waals surface area contributed by atoms with E-state index in [9.17, 15) is 5.11 Å². The predicted octanol–water partition coefficient (Wildman–Crippen LogP) is 4.50. The first kappa shape index (κ1) is 15.7. The van der Waals surface area contributed by atoms with Gasteiger partial charge in [0, 0.05) is 28.1 Å². The van der Waals surface area contributed by atoms with Crippen molar-refractivity contribution in [2.75, 3.05) is 6.54 Å². The number of rotatable bonds is 2. The van der Waals surface area contributed by atoms with Gasteiger partial charge in [-0.2, -0.15) is 0 Å². The molecule has 1 aliphatic rings. The molecule has 1 aromatic rings. The Hall–Kier alpha value is -0.730. The molecule has 2 nitrogen and oxygen atoms in total. The number of aromatic hydroxyl groups is 1. The smallest absolute Gasteiger partial charge is 0.123 e. The molecule has 0 bridgehead atoms. The number of phenols is 1. The molecule has 0 radical (unpaired) electrons. The van der Waals surface area contributed by atoms with Crippen LogP contribution in [0.1, 0.15) is 64.0 Å². The van der Waals surface area contributed by atoms with Crippen molar-refractivity contribution in [3.8, 4) is 5.75 Å². The summed E-state index contributed by atoms with van der Waals surface area (Å²) in [5, 5.41) is 11.5. The number of phenolic OH excluding ortho intramolecular Hbond substituents is 1. The second-order valence-corrected chi connectivity index (χ2v) is 7.58. The Morgan fingerprint density at radius 2 is 1.80 bits per heavy atom. The molecule has 0 atom stereocenters. The van der Waals surface area contributed by atoms with Crippen LogP contribution >= 0.6 is 11.6 Å². The van der Waals surface area contributed by atoms with E-state index in [0.29, 0.717) is 17.3 Å². The molecule has 0 heterocycles. The van der Waals surface area contributed by atoms with Gasteiger partial charge in [0.25, 0.3) is 0 Å². The normalized spacial score (nSPS) is 19.1. The fourth-order valence-corrected chi connectivity index (χ4v) is 3.61. The van der Waals surface area contributed by atoms with Crippen molar-refractivity contribution in [3.63, 3.8) is 0 Å². The summed E-state index contributed by atoms with van der Waals surface area (Å²) in [4.78, 5) is 0. The monoisotopic (exact) mass is 295 g/mol. The highest BCUT2D eigenvalue weighted by Gasteiger charge is 2.36. The van der Waals surface area contributed by atoms with Crippen molar-refractivity contribution < 1.29 is 5.11 Å². The lowest BCUT2D eigenvalue weighted by molar-refractivity contribution is 0.289. The maximum absolute atomic E-state index is 10.8. The zero-order valence-corrected chi connectivity index (χ0v) is 13.6. The molecule has 3 heteroatoms. The first-order valence-corrected chi connectivity index (χ1v) is 7.91. The summed E-state index contributed by atoms with van der Waals surface area (Å²) in [5.74, 6) is 0.397. The van der Waals surface area contributed by atoms with Crippen LogP contribution in [0.4, 0.5) is 0 Å². The van der Waals surface area contributed by atoms with Gasteiger partial charge in [-0.3, -0.25) is 0 Å². The molecule has 0 saturated heterocycles. The minimum absolute atomic E-state index is 0.104. The first-order valence-electron chi connectivity index (χ1n) is 7.54. The van der Waals surface area contributed by atoms with Crippen LogP contribution in [0.15, 0.2) is 12.1 Å². The van der Waals surface area contributed by atoms with E-state index in [1.165, 1.54) is 19.3 Å². The van der Waals surface area contributed by atoms with Gasteiger partial charge in [0.15, 0.2) is 0 Å². The van der Waals surface area contributed by atoms with E-state index in [1.54, 1.807) is 0 Å².